The lowest BCUT2D eigenvalue weighted by Crippen LogP contribution is -2.59. The number of carbonyl (C=O) groups excluding carboxylic acids is 3. The van der Waals surface area contributed by atoms with Crippen LogP contribution in [0.3, 0.4) is 0 Å². The molecule has 0 radical (unpaired) electrons. The van der Waals surface area contributed by atoms with Crippen LogP contribution in [0.1, 0.15) is 45.6 Å². The fourth-order valence-electron chi connectivity index (χ4n) is 8.04. The van der Waals surface area contributed by atoms with Crippen molar-refractivity contribution in [2.75, 3.05) is 37.7 Å². The van der Waals surface area contributed by atoms with Gasteiger partial charge in [-0.2, -0.15) is 0 Å². The Morgan fingerprint density at radius 2 is 1.79 bits per heavy atom. The SMILES string of the molecule is C=CCN(CCCC)C(=O)C1N([C@@H](CO)Cc2ccccc2)C(=O)[C@@H]2[C@@H](C(=O)N(CC=C)c3ccc(OCC)cc3)[C@H]3CC(C)C12S3. The van der Waals surface area contributed by atoms with Crippen molar-refractivity contribution in [2.45, 2.75) is 68.5 Å². The lowest BCUT2D eigenvalue weighted by atomic mass is 9.65. The van der Waals surface area contributed by atoms with Crippen molar-refractivity contribution in [1.29, 1.82) is 0 Å². The summed E-state index contributed by atoms with van der Waals surface area (Å²) in [4.78, 5) is 49.7. The number of hydrogen-bond donors (Lipinski definition) is 1. The van der Waals surface area contributed by atoms with E-state index in [9.17, 15) is 19.5 Å². The van der Waals surface area contributed by atoms with Gasteiger partial charge in [-0.05, 0) is 61.9 Å². The molecule has 5 rings (SSSR count). The highest BCUT2D eigenvalue weighted by molar-refractivity contribution is 8.02. The van der Waals surface area contributed by atoms with E-state index in [0.29, 0.717) is 37.6 Å². The zero-order valence-electron chi connectivity index (χ0n) is 27.9. The lowest BCUT2D eigenvalue weighted by molar-refractivity contribution is -0.145. The molecule has 2 aromatic rings. The fraction of sp³-hybridized carbons (Fsp3) is 0.500. The van der Waals surface area contributed by atoms with E-state index in [1.54, 1.807) is 33.7 Å². The number of unbranched alkanes of at least 4 members (excludes halogenated alkanes) is 1. The summed E-state index contributed by atoms with van der Waals surface area (Å²) in [6.07, 6.45) is 6.31. The third-order valence-electron chi connectivity index (χ3n) is 10.1. The number of thioether (sulfide) groups is 1. The summed E-state index contributed by atoms with van der Waals surface area (Å²) in [6, 6.07) is 15.8. The minimum Gasteiger partial charge on any atom is -0.494 e. The molecule has 3 aliphatic heterocycles. The van der Waals surface area contributed by atoms with Crippen molar-refractivity contribution >= 4 is 35.2 Å². The van der Waals surface area contributed by atoms with Crippen molar-refractivity contribution in [2.24, 2.45) is 17.8 Å². The quantitative estimate of drug-likeness (QED) is 0.244. The molecule has 47 heavy (non-hydrogen) atoms. The van der Waals surface area contributed by atoms with Gasteiger partial charge in [0.05, 0.1) is 35.8 Å². The third-order valence-corrected chi connectivity index (χ3v) is 12.2. The van der Waals surface area contributed by atoms with E-state index in [1.165, 1.54) is 0 Å². The Balaban J connectivity index is 1.58. The number of aliphatic hydroxyl groups is 1. The number of fused-ring (bicyclic) bond motifs is 1. The third kappa shape index (κ3) is 6.36. The smallest absolute Gasteiger partial charge is 0.247 e. The summed E-state index contributed by atoms with van der Waals surface area (Å²) < 4.78 is 4.83. The molecule has 3 saturated heterocycles. The van der Waals surface area contributed by atoms with Crippen LogP contribution in [0, 0.1) is 17.8 Å². The molecule has 9 heteroatoms. The predicted octanol–water partition coefficient (Wildman–Crippen LogP) is 5.36. The Kier molecular flexibility index (Phi) is 11.2. The first-order valence-electron chi connectivity index (χ1n) is 17.0. The second-order valence-electron chi connectivity index (χ2n) is 12.9. The molecule has 0 saturated carbocycles. The van der Waals surface area contributed by atoms with Crippen LogP contribution in [-0.2, 0) is 20.8 Å². The van der Waals surface area contributed by atoms with Crippen LogP contribution in [0.25, 0.3) is 0 Å². The maximum Gasteiger partial charge on any atom is 0.247 e. The number of carbonyl (C=O) groups is 3. The van der Waals surface area contributed by atoms with Gasteiger partial charge in [0, 0.05) is 30.6 Å². The summed E-state index contributed by atoms with van der Waals surface area (Å²) >= 11 is 1.66. The largest absolute Gasteiger partial charge is 0.494 e. The summed E-state index contributed by atoms with van der Waals surface area (Å²) in [5.74, 6) is -1.05. The van der Waals surface area contributed by atoms with Gasteiger partial charge < -0.3 is 24.5 Å². The molecule has 1 N–H and O–H groups in total. The normalized spacial score (nSPS) is 26.5. The van der Waals surface area contributed by atoms with Gasteiger partial charge in [-0.1, -0.05) is 62.8 Å². The van der Waals surface area contributed by atoms with Crippen molar-refractivity contribution in [3.05, 3.63) is 85.5 Å². The molecule has 0 aliphatic carbocycles. The summed E-state index contributed by atoms with van der Waals surface area (Å²) in [5.41, 5.74) is 1.68. The standard InChI is InChI=1S/C38H49N3O5S/c1-6-10-22-39(20-7-2)37(45)34-38-26(5)23-31(47-38)32(35(43)40(21-8-3)28-16-18-30(19-17-28)46-9-4)33(38)36(44)41(34)29(25-42)24-27-14-12-11-13-15-27/h7-8,11-19,26,29,31-34,42H,2-3,6,9-10,20-25H2,1,4-5H3/t26?,29-,31-,32+,33+,34?,38?/m1/s1. The van der Waals surface area contributed by atoms with Gasteiger partial charge in [0.15, 0.2) is 0 Å². The van der Waals surface area contributed by atoms with E-state index in [1.807, 2.05) is 66.4 Å². The number of nitrogens with zero attached hydrogens (tertiary/aromatic N) is 3. The minimum absolute atomic E-state index is 0.0144. The second-order valence-corrected chi connectivity index (χ2v) is 14.5. The maximum absolute atomic E-state index is 15.0. The van der Waals surface area contributed by atoms with Gasteiger partial charge in [0.1, 0.15) is 11.8 Å². The molecule has 1 spiro atoms. The highest BCUT2D eigenvalue weighted by atomic mass is 32.2. The highest BCUT2D eigenvalue weighted by Crippen LogP contribution is 2.69. The highest BCUT2D eigenvalue weighted by Gasteiger charge is 2.77. The number of benzene rings is 2. The molecule has 0 aromatic heterocycles. The van der Waals surface area contributed by atoms with Gasteiger partial charge >= 0.3 is 0 Å². The molecule has 2 aromatic carbocycles. The summed E-state index contributed by atoms with van der Waals surface area (Å²) in [7, 11) is 0. The van der Waals surface area contributed by atoms with E-state index >= 15 is 0 Å². The van der Waals surface area contributed by atoms with E-state index in [-0.39, 0.29) is 42.0 Å². The summed E-state index contributed by atoms with van der Waals surface area (Å²) in [5, 5.41) is 10.7. The Hall–Kier alpha value is -3.56. The van der Waals surface area contributed by atoms with E-state index in [0.717, 1.165) is 24.8 Å². The van der Waals surface area contributed by atoms with Gasteiger partial charge in [0.2, 0.25) is 17.7 Å². The molecule has 3 fully saturated rings. The van der Waals surface area contributed by atoms with Crippen molar-refractivity contribution in [3.8, 4) is 5.75 Å². The van der Waals surface area contributed by atoms with E-state index in [2.05, 4.69) is 27.0 Å². The van der Waals surface area contributed by atoms with Gasteiger partial charge in [-0.25, -0.2) is 0 Å². The molecular formula is C38H49N3O5S. The fourth-order valence-corrected chi connectivity index (χ4v) is 10.4. The zero-order chi connectivity index (χ0) is 33.7. The first-order valence-corrected chi connectivity index (χ1v) is 17.8. The molecule has 2 bridgehead atoms. The van der Waals surface area contributed by atoms with E-state index < -0.39 is 28.7 Å². The topological polar surface area (TPSA) is 90.4 Å². The maximum atomic E-state index is 15.0. The number of hydrogen-bond acceptors (Lipinski definition) is 6. The molecule has 7 atom stereocenters. The number of rotatable bonds is 16. The Labute approximate surface area is 283 Å². The Morgan fingerprint density at radius 1 is 1.09 bits per heavy atom. The molecule has 3 aliphatic rings. The first-order chi connectivity index (χ1) is 22.8. The number of likely N-dealkylation sites (tertiary alicyclic amines) is 1. The molecule has 252 valence electrons. The summed E-state index contributed by atoms with van der Waals surface area (Å²) in [6.45, 7) is 15.4. The van der Waals surface area contributed by atoms with E-state index in [4.69, 9.17) is 4.74 Å². The number of amides is 3. The van der Waals surface area contributed by atoms with Crippen molar-refractivity contribution < 1.29 is 24.2 Å². The Bertz CT molecular complexity index is 1430. The van der Waals surface area contributed by atoms with Crippen LogP contribution < -0.4 is 9.64 Å². The number of anilines is 1. The molecular weight excluding hydrogens is 611 g/mol. The molecule has 3 heterocycles. The van der Waals surface area contributed by atoms with Crippen molar-refractivity contribution in [3.63, 3.8) is 0 Å². The average Bonchev–Trinajstić information content (AvgIpc) is 3.68. The van der Waals surface area contributed by atoms with Crippen LogP contribution in [-0.4, -0.2) is 87.6 Å². The zero-order valence-corrected chi connectivity index (χ0v) is 28.7. The molecule has 8 nitrogen and oxygen atoms in total. The van der Waals surface area contributed by atoms with Gasteiger partial charge in [0.25, 0.3) is 0 Å². The molecule has 3 unspecified atom stereocenters. The van der Waals surface area contributed by atoms with Gasteiger partial charge in [-0.15, -0.1) is 24.9 Å². The van der Waals surface area contributed by atoms with Crippen LogP contribution >= 0.6 is 11.8 Å². The first kappa shape index (κ1) is 34.8. The van der Waals surface area contributed by atoms with Crippen molar-refractivity contribution in [1.82, 2.24) is 9.80 Å². The Morgan fingerprint density at radius 3 is 2.40 bits per heavy atom. The lowest BCUT2D eigenvalue weighted by Gasteiger charge is -2.42. The average molecular weight is 660 g/mol. The minimum atomic E-state index is -0.807. The molecule has 3 amide bonds. The predicted molar refractivity (Wildman–Crippen MR) is 188 cm³/mol. The number of aliphatic hydroxyl groups excluding tert-OH is 1. The van der Waals surface area contributed by atoms with Crippen LogP contribution in [0.4, 0.5) is 5.69 Å². The monoisotopic (exact) mass is 659 g/mol. The number of ether oxygens (including phenoxy) is 1. The van der Waals surface area contributed by atoms with Crippen LogP contribution in [0.15, 0.2) is 79.9 Å². The van der Waals surface area contributed by atoms with Crippen LogP contribution in [0.5, 0.6) is 5.75 Å². The van der Waals surface area contributed by atoms with Crippen LogP contribution in [0.2, 0.25) is 0 Å². The van der Waals surface area contributed by atoms with Gasteiger partial charge in [-0.3, -0.25) is 14.4 Å². The second kappa shape index (κ2) is 15.1.